The van der Waals surface area contributed by atoms with Gasteiger partial charge in [0.05, 0.1) is 19.8 Å². The molecule has 31 heavy (non-hydrogen) atoms. The molecular formula is C20H36O11. The SMILES string of the molecule is OCC1O[C@H](O[C@@H]2C(CO)O[C@@H](OCCC3CCCCC3)C(O)[C@H]2O)C(O)[C@@H](O)[C@@H]1O. The van der Waals surface area contributed by atoms with E-state index in [-0.39, 0.29) is 0 Å². The maximum Gasteiger partial charge on any atom is 0.187 e. The van der Waals surface area contributed by atoms with Gasteiger partial charge in [0.2, 0.25) is 0 Å². The Morgan fingerprint density at radius 1 is 0.677 bits per heavy atom. The molecule has 0 radical (unpaired) electrons. The molecule has 0 aromatic carbocycles. The van der Waals surface area contributed by atoms with E-state index in [1.807, 2.05) is 0 Å². The van der Waals surface area contributed by atoms with Gasteiger partial charge < -0.3 is 54.7 Å². The van der Waals surface area contributed by atoms with Crippen LogP contribution < -0.4 is 0 Å². The first-order valence-electron chi connectivity index (χ1n) is 11.1. The molecule has 0 aromatic heterocycles. The Morgan fingerprint density at radius 3 is 1.94 bits per heavy atom. The Morgan fingerprint density at radius 2 is 1.29 bits per heavy atom. The highest BCUT2D eigenvalue weighted by Gasteiger charge is 2.50. The second-order valence-corrected chi connectivity index (χ2v) is 8.67. The first-order chi connectivity index (χ1) is 14.9. The van der Waals surface area contributed by atoms with Gasteiger partial charge in [-0.1, -0.05) is 32.1 Å². The summed E-state index contributed by atoms with van der Waals surface area (Å²) in [5.74, 6) is 0.565. The molecule has 0 spiro atoms. The Balaban J connectivity index is 1.57. The predicted molar refractivity (Wildman–Crippen MR) is 104 cm³/mol. The first-order valence-corrected chi connectivity index (χ1v) is 11.1. The zero-order valence-electron chi connectivity index (χ0n) is 17.5. The molecule has 3 aliphatic rings. The lowest BCUT2D eigenvalue weighted by atomic mass is 9.87. The van der Waals surface area contributed by atoms with Gasteiger partial charge in [0.1, 0.15) is 48.8 Å². The highest BCUT2D eigenvalue weighted by Crippen LogP contribution is 2.30. The standard InChI is InChI=1S/C20H36O11/c21-8-11-13(23)14(24)16(26)20(29-11)31-18-12(9-22)30-19(17(27)15(18)25)28-7-6-10-4-2-1-3-5-10/h10-27H,1-9H2/t11?,12?,13-,14+,15-,16?,17?,18-,19-,20-/m1/s1. The molecule has 2 heterocycles. The van der Waals surface area contributed by atoms with E-state index in [4.69, 9.17) is 18.9 Å². The van der Waals surface area contributed by atoms with Crippen molar-refractivity contribution in [1.29, 1.82) is 0 Å². The minimum atomic E-state index is -1.69. The van der Waals surface area contributed by atoms with Crippen LogP contribution in [0.1, 0.15) is 38.5 Å². The molecule has 3 rings (SSSR count). The monoisotopic (exact) mass is 452 g/mol. The molecule has 3 fully saturated rings. The Labute approximate surface area is 181 Å². The van der Waals surface area contributed by atoms with E-state index >= 15 is 0 Å². The third-order valence-corrected chi connectivity index (χ3v) is 6.49. The van der Waals surface area contributed by atoms with E-state index in [9.17, 15) is 35.7 Å². The van der Waals surface area contributed by atoms with Crippen LogP contribution in [-0.4, -0.2) is 117 Å². The van der Waals surface area contributed by atoms with Gasteiger partial charge in [0, 0.05) is 0 Å². The van der Waals surface area contributed by atoms with Gasteiger partial charge in [0.15, 0.2) is 12.6 Å². The van der Waals surface area contributed by atoms with Crippen LogP contribution >= 0.6 is 0 Å². The van der Waals surface area contributed by atoms with Gasteiger partial charge >= 0.3 is 0 Å². The van der Waals surface area contributed by atoms with Crippen molar-refractivity contribution in [1.82, 2.24) is 0 Å². The Hall–Kier alpha value is -0.440. The smallest absolute Gasteiger partial charge is 0.187 e. The molecule has 1 aliphatic carbocycles. The van der Waals surface area contributed by atoms with Crippen LogP contribution in [0.3, 0.4) is 0 Å². The lowest BCUT2D eigenvalue weighted by Crippen LogP contribution is -2.64. The lowest BCUT2D eigenvalue weighted by molar-refractivity contribution is -0.359. The molecule has 2 aliphatic heterocycles. The molecule has 0 aromatic rings. The van der Waals surface area contributed by atoms with Crippen molar-refractivity contribution in [2.45, 2.75) is 99.9 Å². The number of hydrogen-bond donors (Lipinski definition) is 7. The van der Waals surface area contributed by atoms with Crippen molar-refractivity contribution in [2.24, 2.45) is 5.92 Å². The molecule has 11 nitrogen and oxygen atoms in total. The molecule has 11 heteroatoms. The summed E-state index contributed by atoms with van der Waals surface area (Å²) < 4.78 is 22.0. The van der Waals surface area contributed by atoms with Crippen LogP contribution in [0.4, 0.5) is 0 Å². The molecule has 182 valence electrons. The number of aliphatic hydroxyl groups is 7. The average molecular weight is 452 g/mol. The van der Waals surface area contributed by atoms with Gasteiger partial charge in [-0.25, -0.2) is 0 Å². The van der Waals surface area contributed by atoms with Gasteiger partial charge in [-0.3, -0.25) is 0 Å². The number of hydrogen-bond acceptors (Lipinski definition) is 11. The van der Waals surface area contributed by atoms with Crippen LogP contribution in [0.2, 0.25) is 0 Å². The molecular weight excluding hydrogens is 416 g/mol. The minimum Gasteiger partial charge on any atom is -0.394 e. The zero-order valence-corrected chi connectivity index (χ0v) is 17.5. The second-order valence-electron chi connectivity index (χ2n) is 8.67. The van der Waals surface area contributed by atoms with Crippen LogP contribution in [-0.2, 0) is 18.9 Å². The molecule has 7 N–H and O–H groups in total. The second kappa shape index (κ2) is 11.6. The van der Waals surface area contributed by atoms with E-state index in [0.717, 1.165) is 19.3 Å². The van der Waals surface area contributed by atoms with Gasteiger partial charge in [-0.05, 0) is 12.3 Å². The normalized spacial score (nSPS) is 45.0. The fraction of sp³-hybridized carbons (Fsp3) is 1.00. The van der Waals surface area contributed by atoms with Crippen molar-refractivity contribution >= 4 is 0 Å². The number of rotatable bonds is 8. The first kappa shape index (κ1) is 25.2. The van der Waals surface area contributed by atoms with Crippen LogP contribution in [0.15, 0.2) is 0 Å². The number of aliphatic hydroxyl groups excluding tert-OH is 7. The summed E-state index contributed by atoms with van der Waals surface area (Å²) in [5, 5.41) is 69.9. The Bertz CT molecular complexity index is 527. The summed E-state index contributed by atoms with van der Waals surface area (Å²) in [6, 6.07) is 0. The Kier molecular flexibility index (Phi) is 9.44. The molecule has 0 bridgehead atoms. The third-order valence-electron chi connectivity index (χ3n) is 6.49. The van der Waals surface area contributed by atoms with E-state index in [1.165, 1.54) is 19.3 Å². The average Bonchev–Trinajstić information content (AvgIpc) is 2.79. The maximum atomic E-state index is 10.6. The van der Waals surface area contributed by atoms with Crippen LogP contribution in [0.25, 0.3) is 0 Å². The van der Waals surface area contributed by atoms with Gasteiger partial charge in [0.25, 0.3) is 0 Å². The summed E-state index contributed by atoms with van der Waals surface area (Å²) in [5.41, 5.74) is 0. The lowest BCUT2D eigenvalue weighted by Gasteiger charge is -2.46. The largest absolute Gasteiger partial charge is 0.394 e. The predicted octanol–water partition coefficient (Wildman–Crippen LogP) is -2.40. The van der Waals surface area contributed by atoms with Crippen molar-refractivity contribution < 1.29 is 54.7 Å². The van der Waals surface area contributed by atoms with E-state index < -0.39 is 74.6 Å². The topological polar surface area (TPSA) is 179 Å². The van der Waals surface area contributed by atoms with Crippen molar-refractivity contribution in [2.75, 3.05) is 19.8 Å². The summed E-state index contributed by atoms with van der Waals surface area (Å²) >= 11 is 0. The van der Waals surface area contributed by atoms with E-state index in [1.54, 1.807) is 0 Å². The highest BCUT2D eigenvalue weighted by atomic mass is 16.7. The number of ether oxygens (including phenoxy) is 4. The van der Waals surface area contributed by atoms with Crippen LogP contribution in [0, 0.1) is 5.92 Å². The van der Waals surface area contributed by atoms with E-state index in [2.05, 4.69) is 0 Å². The van der Waals surface area contributed by atoms with Crippen molar-refractivity contribution in [3.05, 3.63) is 0 Å². The van der Waals surface area contributed by atoms with Gasteiger partial charge in [-0.15, -0.1) is 0 Å². The molecule has 2 saturated heterocycles. The highest BCUT2D eigenvalue weighted by molar-refractivity contribution is 4.94. The van der Waals surface area contributed by atoms with E-state index in [0.29, 0.717) is 12.5 Å². The summed E-state index contributed by atoms with van der Waals surface area (Å²) in [7, 11) is 0. The molecule has 4 unspecified atom stereocenters. The minimum absolute atomic E-state index is 0.343. The van der Waals surface area contributed by atoms with Crippen molar-refractivity contribution in [3.8, 4) is 0 Å². The molecule has 10 atom stereocenters. The fourth-order valence-corrected chi connectivity index (χ4v) is 4.52. The summed E-state index contributed by atoms with van der Waals surface area (Å²) in [6.07, 6.45) is -7.49. The van der Waals surface area contributed by atoms with Crippen molar-refractivity contribution in [3.63, 3.8) is 0 Å². The zero-order chi connectivity index (χ0) is 22.5. The van der Waals surface area contributed by atoms with Crippen LogP contribution in [0.5, 0.6) is 0 Å². The quantitative estimate of drug-likeness (QED) is 0.209. The third kappa shape index (κ3) is 5.92. The molecule has 0 amide bonds. The summed E-state index contributed by atoms with van der Waals surface area (Å²) in [4.78, 5) is 0. The van der Waals surface area contributed by atoms with Gasteiger partial charge in [-0.2, -0.15) is 0 Å². The molecule has 1 saturated carbocycles. The summed E-state index contributed by atoms with van der Waals surface area (Å²) in [6.45, 7) is -0.874. The maximum absolute atomic E-state index is 10.6. The fourth-order valence-electron chi connectivity index (χ4n) is 4.52.